The molecule has 4 aromatic rings. The molecule has 8 heteroatoms. The van der Waals surface area contributed by atoms with Gasteiger partial charge in [0, 0.05) is 25.6 Å². The highest BCUT2D eigenvalue weighted by Crippen LogP contribution is 2.51. The van der Waals surface area contributed by atoms with Gasteiger partial charge in [0.15, 0.2) is 5.57 Å². The van der Waals surface area contributed by atoms with Crippen LogP contribution in [0, 0.1) is 57.3 Å². The van der Waals surface area contributed by atoms with Crippen molar-refractivity contribution in [2.24, 2.45) is 0 Å². The summed E-state index contributed by atoms with van der Waals surface area (Å²) >= 11 is 3.19. The number of hydrogen-bond donors (Lipinski definition) is 0. The molecule has 6 rings (SSSR count). The SMILES string of the molecule is N#CC(C#N)=C(C#CN1c2ccccc2Sc2ccccc21)C(=C(C#N)C#N)N1c2ccccc2Sc2ccccc21. The fourth-order valence-electron chi connectivity index (χ4n) is 4.74. The Bertz CT molecular complexity index is 1950. The van der Waals surface area contributed by atoms with Gasteiger partial charge in [-0.05, 0) is 54.5 Å². The number of anilines is 4. The summed E-state index contributed by atoms with van der Waals surface area (Å²) in [6.45, 7) is 0. The fourth-order valence-corrected chi connectivity index (χ4v) is 6.85. The maximum Gasteiger partial charge on any atom is 0.154 e. The molecule has 0 spiro atoms. The van der Waals surface area contributed by atoms with Crippen LogP contribution in [0.3, 0.4) is 0 Å². The zero-order chi connectivity index (χ0) is 29.1. The third-order valence-corrected chi connectivity index (χ3v) is 8.81. The molecule has 0 saturated carbocycles. The van der Waals surface area contributed by atoms with E-state index in [1.165, 1.54) is 0 Å². The number of para-hydroxylation sites is 4. The van der Waals surface area contributed by atoms with Crippen molar-refractivity contribution in [2.75, 3.05) is 9.80 Å². The first-order valence-electron chi connectivity index (χ1n) is 12.6. The van der Waals surface area contributed by atoms with Crippen molar-refractivity contribution < 1.29 is 0 Å². The zero-order valence-corrected chi connectivity index (χ0v) is 23.4. The second kappa shape index (κ2) is 11.3. The number of fused-ring (bicyclic) bond motifs is 4. The van der Waals surface area contributed by atoms with Gasteiger partial charge in [-0.3, -0.25) is 4.90 Å². The average molecular weight is 573 g/mol. The van der Waals surface area contributed by atoms with Crippen molar-refractivity contribution in [3.8, 4) is 36.2 Å². The van der Waals surface area contributed by atoms with Gasteiger partial charge >= 0.3 is 0 Å². The molecule has 42 heavy (non-hydrogen) atoms. The average Bonchev–Trinajstić information content (AvgIpc) is 3.04. The molecule has 0 saturated heterocycles. The molecular weight excluding hydrogens is 557 g/mol. The van der Waals surface area contributed by atoms with Crippen LogP contribution in [0.15, 0.2) is 139 Å². The lowest BCUT2D eigenvalue weighted by molar-refractivity contribution is 1.09. The van der Waals surface area contributed by atoms with Crippen molar-refractivity contribution in [1.29, 1.82) is 21.0 Å². The van der Waals surface area contributed by atoms with Gasteiger partial charge in [0.25, 0.3) is 0 Å². The van der Waals surface area contributed by atoms with Crippen LogP contribution in [0.2, 0.25) is 0 Å². The van der Waals surface area contributed by atoms with Crippen LogP contribution in [0.1, 0.15) is 0 Å². The standard InChI is InChI=1S/C34H16N6S2/c35-19-23(20-36)25(17-18-39-26-9-1-5-13-30(26)41-31-14-6-2-10-27(31)39)34(24(21-37)22-38)40-28-11-3-7-15-32(28)42-33-16-8-4-12-29(33)40/h1-16H. The third kappa shape index (κ3) is 4.53. The minimum absolute atomic E-state index is 0.0113. The number of nitriles is 4. The van der Waals surface area contributed by atoms with E-state index >= 15 is 0 Å². The highest BCUT2D eigenvalue weighted by atomic mass is 32.2. The number of rotatable bonds is 2. The van der Waals surface area contributed by atoms with E-state index in [0.29, 0.717) is 11.4 Å². The first kappa shape index (κ1) is 26.4. The molecule has 2 heterocycles. The lowest BCUT2D eigenvalue weighted by Crippen LogP contribution is -2.23. The minimum Gasteiger partial charge on any atom is -0.305 e. The summed E-state index contributed by atoms with van der Waals surface area (Å²) < 4.78 is 0. The van der Waals surface area contributed by atoms with Crippen LogP contribution >= 0.6 is 23.5 Å². The van der Waals surface area contributed by atoms with E-state index in [4.69, 9.17) is 0 Å². The van der Waals surface area contributed by atoms with Crippen LogP contribution in [0.25, 0.3) is 0 Å². The van der Waals surface area contributed by atoms with E-state index < -0.39 is 0 Å². The Kier molecular flexibility index (Phi) is 7.13. The Balaban J connectivity index is 1.63. The topological polar surface area (TPSA) is 102 Å². The second-order valence-corrected chi connectivity index (χ2v) is 11.1. The van der Waals surface area contributed by atoms with Crippen molar-refractivity contribution in [1.82, 2.24) is 0 Å². The molecule has 0 N–H and O–H groups in total. The summed E-state index contributed by atoms with van der Waals surface area (Å²) in [6, 6.07) is 41.9. The smallest absolute Gasteiger partial charge is 0.154 e. The molecule has 0 atom stereocenters. The highest BCUT2D eigenvalue weighted by molar-refractivity contribution is 8.00. The molecule has 0 aliphatic carbocycles. The lowest BCUT2D eigenvalue weighted by atomic mass is 10.00. The first-order valence-corrected chi connectivity index (χ1v) is 14.2. The van der Waals surface area contributed by atoms with Crippen molar-refractivity contribution in [2.45, 2.75) is 19.6 Å². The highest BCUT2D eigenvalue weighted by Gasteiger charge is 2.31. The van der Waals surface area contributed by atoms with E-state index in [9.17, 15) is 21.0 Å². The predicted octanol–water partition coefficient (Wildman–Crippen LogP) is 8.20. The van der Waals surface area contributed by atoms with Gasteiger partial charge in [0.1, 0.15) is 29.8 Å². The van der Waals surface area contributed by atoms with Crippen LogP contribution in [0.4, 0.5) is 22.7 Å². The number of allylic oxidation sites excluding steroid dienone is 3. The van der Waals surface area contributed by atoms with Gasteiger partial charge in [-0.2, -0.15) is 21.0 Å². The predicted molar refractivity (Wildman–Crippen MR) is 163 cm³/mol. The summed E-state index contributed by atoms with van der Waals surface area (Å²) in [7, 11) is 0. The summed E-state index contributed by atoms with van der Waals surface area (Å²) in [6.07, 6.45) is 0. The molecule has 6 nitrogen and oxygen atoms in total. The second-order valence-electron chi connectivity index (χ2n) is 8.90. The van der Waals surface area contributed by atoms with Gasteiger partial charge in [0.2, 0.25) is 0 Å². The summed E-state index contributed by atoms with van der Waals surface area (Å²) in [5.74, 6) is 3.07. The lowest BCUT2D eigenvalue weighted by Gasteiger charge is -2.34. The number of benzene rings is 4. The molecule has 0 aromatic heterocycles. The van der Waals surface area contributed by atoms with Crippen LogP contribution in [-0.4, -0.2) is 0 Å². The van der Waals surface area contributed by atoms with Gasteiger partial charge in [-0.25, -0.2) is 0 Å². The Morgan fingerprint density at radius 3 is 1.31 bits per heavy atom. The van der Waals surface area contributed by atoms with Crippen molar-refractivity contribution in [3.63, 3.8) is 0 Å². The van der Waals surface area contributed by atoms with Gasteiger partial charge < -0.3 is 4.90 Å². The van der Waals surface area contributed by atoms with Gasteiger partial charge in [-0.1, -0.05) is 72.1 Å². The Morgan fingerprint density at radius 2 is 0.881 bits per heavy atom. The quantitative estimate of drug-likeness (QED) is 0.135. The summed E-state index contributed by atoms with van der Waals surface area (Å²) in [5.41, 5.74) is 2.61. The normalized spacial score (nSPS) is 11.7. The van der Waals surface area contributed by atoms with Crippen LogP contribution in [0.5, 0.6) is 0 Å². The molecule has 0 bridgehead atoms. The number of nitrogens with zero attached hydrogens (tertiary/aromatic N) is 6. The van der Waals surface area contributed by atoms with E-state index in [2.05, 4.69) is 12.0 Å². The molecule has 0 radical (unpaired) electrons. The van der Waals surface area contributed by atoms with Gasteiger partial charge in [0.05, 0.1) is 34.0 Å². The van der Waals surface area contributed by atoms with Crippen LogP contribution < -0.4 is 9.80 Å². The maximum absolute atomic E-state index is 10.2. The molecular formula is C34H16N6S2. The van der Waals surface area contributed by atoms with E-state index in [1.54, 1.807) is 28.4 Å². The van der Waals surface area contributed by atoms with Crippen LogP contribution in [-0.2, 0) is 0 Å². The number of hydrogen-bond acceptors (Lipinski definition) is 8. The Hall–Kier alpha value is -5.82. The minimum atomic E-state index is -0.304. The molecule has 0 unspecified atom stereocenters. The zero-order valence-electron chi connectivity index (χ0n) is 21.7. The van der Waals surface area contributed by atoms with E-state index in [0.717, 1.165) is 31.0 Å². The Labute approximate surface area is 251 Å². The molecule has 4 aromatic carbocycles. The summed E-state index contributed by atoms with van der Waals surface area (Å²) in [5, 5.41) is 40.5. The molecule has 2 aliphatic heterocycles. The maximum atomic E-state index is 10.2. The van der Waals surface area contributed by atoms with E-state index in [-0.39, 0.29) is 22.4 Å². The first-order chi connectivity index (χ1) is 20.7. The van der Waals surface area contributed by atoms with E-state index in [1.807, 2.05) is 126 Å². The summed E-state index contributed by atoms with van der Waals surface area (Å²) in [4.78, 5) is 7.36. The van der Waals surface area contributed by atoms with Crippen molar-refractivity contribution in [3.05, 3.63) is 119 Å². The monoisotopic (exact) mass is 572 g/mol. The molecule has 0 amide bonds. The Morgan fingerprint density at radius 1 is 0.500 bits per heavy atom. The fraction of sp³-hybridized carbons (Fsp3) is 0. The van der Waals surface area contributed by atoms with Gasteiger partial charge in [-0.15, -0.1) is 0 Å². The largest absolute Gasteiger partial charge is 0.305 e. The van der Waals surface area contributed by atoms with Crippen molar-refractivity contribution >= 4 is 46.3 Å². The molecule has 194 valence electrons. The molecule has 0 fully saturated rings. The molecule has 2 aliphatic rings. The third-order valence-electron chi connectivity index (χ3n) is 6.55.